The Morgan fingerprint density at radius 1 is 1.15 bits per heavy atom. The fourth-order valence-corrected chi connectivity index (χ4v) is 4.31. The largest absolute Gasteiger partial charge is 0.465 e. The number of methoxy groups -OCH3 is 1. The van der Waals surface area contributed by atoms with Gasteiger partial charge in [-0.3, -0.25) is 4.72 Å². The van der Waals surface area contributed by atoms with Crippen LogP contribution in [0.1, 0.15) is 10.4 Å². The zero-order valence-corrected chi connectivity index (χ0v) is 16.2. The molecule has 0 amide bonds. The predicted octanol–water partition coefficient (Wildman–Crippen LogP) is 2.76. The van der Waals surface area contributed by atoms with Gasteiger partial charge in [0.2, 0.25) is 0 Å². The van der Waals surface area contributed by atoms with Crippen LogP contribution in [0.15, 0.2) is 47.4 Å². The predicted molar refractivity (Wildman–Crippen MR) is 103 cm³/mol. The molecule has 1 N–H and O–H groups in total. The van der Waals surface area contributed by atoms with Crippen molar-refractivity contribution in [3.05, 3.63) is 53.1 Å². The van der Waals surface area contributed by atoms with E-state index in [9.17, 15) is 13.2 Å². The van der Waals surface area contributed by atoms with Crippen LogP contribution in [0.2, 0.25) is 5.02 Å². The van der Waals surface area contributed by atoms with Crippen LogP contribution in [0.4, 0.5) is 11.4 Å². The Bertz CT molecular complexity index is 925. The summed E-state index contributed by atoms with van der Waals surface area (Å²) in [5.74, 6) is -0.641. The van der Waals surface area contributed by atoms with Gasteiger partial charge in [0.1, 0.15) is 4.90 Å². The van der Waals surface area contributed by atoms with E-state index in [4.69, 9.17) is 16.3 Å². The van der Waals surface area contributed by atoms with Crippen molar-refractivity contribution in [1.29, 1.82) is 0 Å². The van der Waals surface area contributed by atoms with Gasteiger partial charge in [0, 0.05) is 24.5 Å². The summed E-state index contributed by atoms with van der Waals surface area (Å²) in [5, 5.41) is 0.0140. The topological polar surface area (TPSA) is 84.9 Å². The molecular formula is C18H19ClN2O5S. The Balaban J connectivity index is 1.81. The fourth-order valence-electron chi connectivity index (χ4n) is 2.73. The van der Waals surface area contributed by atoms with Gasteiger partial charge in [-0.2, -0.15) is 0 Å². The average molecular weight is 411 g/mol. The second-order valence-electron chi connectivity index (χ2n) is 5.89. The molecule has 0 atom stereocenters. The van der Waals surface area contributed by atoms with Crippen LogP contribution >= 0.6 is 11.6 Å². The van der Waals surface area contributed by atoms with Crippen molar-refractivity contribution < 1.29 is 22.7 Å². The summed E-state index contributed by atoms with van der Waals surface area (Å²) < 4.78 is 37.8. The van der Waals surface area contributed by atoms with E-state index >= 15 is 0 Å². The molecule has 1 heterocycles. The quantitative estimate of drug-likeness (QED) is 0.763. The number of morpholine rings is 1. The molecule has 0 unspecified atom stereocenters. The van der Waals surface area contributed by atoms with E-state index in [1.165, 1.54) is 25.3 Å². The van der Waals surface area contributed by atoms with Crippen LogP contribution in [0, 0.1) is 0 Å². The number of carbonyl (C=O) groups excluding carboxylic acids is 1. The number of benzene rings is 2. The highest BCUT2D eigenvalue weighted by atomic mass is 35.5. The Morgan fingerprint density at radius 3 is 2.44 bits per heavy atom. The molecule has 9 heteroatoms. The maximum absolute atomic E-state index is 12.7. The van der Waals surface area contributed by atoms with Crippen molar-refractivity contribution >= 4 is 39.0 Å². The van der Waals surface area contributed by atoms with Crippen molar-refractivity contribution in [2.45, 2.75) is 4.90 Å². The first-order valence-corrected chi connectivity index (χ1v) is 10.1. The number of hydrogen-bond donors (Lipinski definition) is 1. The summed E-state index contributed by atoms with van der Waals surface area (Å²) in [6.07, 6.45) is 0. The van der Waals surface area contributed by atoms with Gasteiger partial charge in [-0.05, 0) is 42.5 Å². The van der Waals surface area contributed by atoms with Gasteiger partial charge in [-0.1, -0.05) is 11.6 Å². The minimum absolute atomic E-state index is 0.0140. The lowest BCUT2D eigenvalue weighted by Gasteiger charge is -2.28. The molecule has 144 valence electrons. The average Bonchev–Trinajstić information content (AvgIpc) is 2.68. The third-order valence-corrected chi connectivity index (χ3v) is 6.00. The number of carbonyl (C=O) groups is 1. The van der Waals surface area contributed by atoms with Crippen molar-refractivity contribution in [2.75, 3.05) is 43.0 Å². The minimum Gasteiger partial charge on any atom is -0.465 e. The molecule has 0 spiro atoms. The number of hydrogen-bond acceptors (Lipinski definition) is 6. The first kappa shape index (κ1) is 19.5. The SMILES string of the molecule is COC(=O)c1ccc(Cl)c(S(=O)(=O)Nc2ccc(N3CCOCC3)cc2)c1. The third kappa shape index (κ3) is 4.52. The number of ether oxygens (including phenoxy) is 2. The Labute approximate surface area is 162 Å². The van der Waals surface area contributed by atoms with Crippen LogP contribution in [0.3, 0.4) is 0 Å². The number of nitrogens with zero attached hydrogens (tertiary/aromatic N) is 1. The smallest absolute Gasteiger partial charge is 0.337 e. The van der Waals surface area contributed by atoms with Gasteiger partial charge >= 0.3 is 5.97 Å². The van der Waals surface area contributed by atoms with Crippen molar-refractivity contribution in [1.82, 2.24) is 0 Å². The molecule has 0 aromatic heterocycles. The summed E-state index contributed by atoms with van der Waals surface area (Å²) >= 11 is 6.03. The Hall–Kier alpha value is -2.29. The van der Waals surface area contributed by atoms with Crippen LogP contribution < -0.4 is 9.62 Å². The molecule has 0 saturated carbocycles. The van der Waals surface area contributed by atoms with E-state index in [-0.39, 0.29) is 15.5 Å². The zero-order valence-electron chi connectivity index (χ0n) is 14.6. The van der Waals surface area contributed by atoms with Crippen molar-refractivity contribution in [2.24, 2.45) is 0 Å². The van der Waals surface area contributed by atoms with Crippen LogP contribution in [0.5, 0.6) is 0 Å². The highest BCUT2D eigenvalue weighted by molar-refractivity contribution is 7.92. The van der Waals surface area contributed by atoms with Crippen LogP contribution in [-0.4, -0.2) is 47.8 Å². The van der Waals surface area contributed by atoms with Gasteiger partial charge in [0.15, 0.2) is 0 Å². The Kier molecular flexibility index (Phi) is 5.88. The standard InChI is InChI=1S/C18H19ClN2O5S/c1-25-18(22)13-2-7-16(19)17(12-13)27(23,24)20-14-3-5-15(6-4-14)21-8-10-26-11-9-21/h2-7,12,20H,8-11H2,1H3. The number of sulfonamides is 1. The first-order chi connectivity index (χ1) is 12.9. The second kappa shape index (κ2) is 8.16. The second-order valence-corrected chi connectivity index (χ2v) is 7.95. The molecule has 0 radical (unpaired) electrons. The lowest BCUT2D eigenvalue weighted by Crippen LogP contribution is -2.36. The lowest BCUT2D eigenvalue weighted by molar-refractivity contribution is 0.0600. The molecule has 2 aromatic carbocycles. The maximum Gasteiger partial charge on any atom is 0.337 e. The molecule has 2 aromatic rings. The summed E-state index contributed by atoms with van der Waals surface area (Å²) in [6.45, 7) is 2.93. The van der Waals surface area contributed by atoms with E-state index < -0.39 is 16.0 Å². The summed E-state index contributed by atoms with van der Waals surface area (Å²) in [6, 6.07) is 11.0. The molecule has 1 fully saturated rings. The van der Waals surface area contributed by atoms with E-state index in [1.54, 1.807) is 12.1 Å². The number of anilines is 2. The molecular weight excluding hydrogens is 392 g/mol. The monoisotopic (exact) mass is 410 g/mol. The molecule has 3 rings (SSSR count). The molecule has 0 bridgehead atoms. The van der Waals surface area contributed by atoms with E-state index in [0.717, 1.165) is 18.8 Å². The highest BCUT2D eigenvalue weighted by Gasteiger charge is 2.21. The molecule has 0 aliphatic carbocycles. The molecule has 27 heavy (non-hydrogen) atoms. The van der Waals surface area contributed by atoms with E-state index in [2.05, 4.69) is 14.4 Å². The van der Waals surface area contributed by atoms with E-state index in [1.807, 2.05) is 12.1 Å². The third-order valence-electron chi connectivity index (χ3n) is 4.14. The van der Waals surface area contributed by atoms with Crippen LogP contribution in [-0.2, 0) is 19.5 Å². The molecule has 1 saturated heterocycles. The first-order valence-electron chi connectivity index (χ1n) is 8.24. The van der Waals surface area contributed by atoms with Crippen molar-refractivity contribution in [3.8, 4) is 0 Å². The zero-order chi connectivity index (χ0) is 19.4. The van der Waals surface area contributed by atoms with Gasteiger partial charge in [0.25, 0.3) is 10.0 Å². The van der Waals surface area contributed by atoms with Crippen molar-refractivity contribution in [3.63, 3.8) is 0 Å². The number of halogens is 1. The molecule has 7 nitrogen and oxygen atoms in total. The van der Waals surface area contributed by atoms with Gasteiger partial charge in [-0.15, -0.1) is 0 Å². The van der Waals surface area contributed by atoms with Gasteiger partial charge in [-0.25, -0.2) is 13.2 Å². The highest BCUT2D eigenvalue weighted by Crippen LogP contribution is 2.26. The molecule has 1 aliphatic rings. The van der Waals surface area contributed by atoms with Gasteiger partial charge < -0.3 is 14.4 Å². The summed E-state index contributed by atoms with van der Waals surface area (Å²) in [4.78, 5) is 13.6. The number of esters is 1. The fraction of sp³-hybridized carbons (Fsp3) is 0.278. The normalized spacial score (nSPS) is 14.7. The van der Waals surface area contributed by atoms with E-state index in [0.29, 0.717) is 18.9 Å². The lowest BCUT2D eigenvalue weighted by atomic mass is 10.2. The summed E-state index contributed by atoms with van der Waals surface area (Å²) in [5.41, 5.74) is 1.49. The molecule has 1 aliphatic heterocycles. The summed E-state index contributed by atoms with van der Waals surface area (Å²) in [7, 11) is -2.75. The maximum atomic E-state index is 12.7. The van der Waals surface area contributed by atoms with Gasteiger partial charge in [0.05, 0.1) is 30.9 Å². The number of rotatable bonds is 5. The number of nitrogens with one attached hydrogen (secondary N) is 1. The minimum atomic E-state index is -3.97. The Morgan fingerprint density at radius 2 is 1.81 bits per heavy atom. The van der Waals surface area contributed by atoms with Crippen LogP contribution in [0.25, 0.3) is 0 Å².